The lowest BCUT2D eigenvalue weighted by atomic mass is 10.00. The maximum Gasteiger partial charge on any atom is 0.156 e. The highest BCUT2D eigenvalue weighted by Crippen LogP contribution is 2.39. The van der Waals surface area contributed by atoms with Gasteiger partial charge < -0.3 is 5.32 Å². The number of hydrogen-bond acceptors (Lipinski definition) is 3. The first-order chi connectivity index (χ1) is 24.8. The van der Waals surface area contributed by atoms with Crippen molar-refractivity contribution in [3.63, 3.8) is 0 Å². The normalized spacial score (nSPS) is 12.5. The van der Waals surface area contributed by atoms with Gasteiger partial charge in [0, 0.05) is 44.6 Å². The number of benzene rings is 6. The van der Waals surface area contributed by atoms with Crippen LogP contribution in [0.3, 0.4) is 0 Å². The van der Waals surface area contributed by atoms with Gasteiger partial charge in [0.15, 0.2) is 5.84 Å². The minimum Gasteiger partial charge on any atom is -0.343 e. The smallest absolute Gasteiger partial charge is 0.156 e. The summed E-state index contributed by atoms with van der Waals surface area (Å²) in [5, 5.41) is 13.4. The molecule has 1 N–H and O–H groups in total. The Morgan fingerprint density at radius 2 is 1.26 bits per heavy atom. The van der Waals surface area contributed by atoms with Gasteiger partial charge in [0.05, 0.1) is 16.6 Å². The van der Waals surface area contributed by atoms with Gasteiger partial charge in [-0.05, 0) is 54.2 Å². The van der Waals surface area contributed by atoms with Gasteiger partial charge in [-0.2, -0.15) is 0 Å². The minimum absolute atomic E-state index is 0.380. The van der Waals surface area contributed by atoms with Crippen molar-refractivity contribution in [2.75, 3.05) is 0 Å². The number of fused-ring (bicyclic) bond motifs is 6. The second kappa shape index (κ2) is 12.3. The zero-order chi connectivity index (χ0) is 33.4. The third-order valence-corrected chi connectivity index (χ3v) is 9.33. The molecular weight excluding hydrogens is 613 g/mol. The lowest BCUT2D eigenvalue weighted by molar-refractivity contribution is 0.684. The maximum absolute atomic E-state index is 5.34. The molecule has 50 heavy (non-hydrogen) atoms. The van der Waals surface area contributed by atoms with Crippen LogP contribution in [0.4, 0.5) is 0 Å². The molecule has 0 radical (unpaired) electrons. The van der Waals surface area contributed by atoms with Crippen LogP contribution in [0.15, 0.2) is 180 Å². The van der Waals surface area contributed by atoms with Gasteiger partial charge in [-0.25, -0.2) is 9.66 Å². The summed E-state index contributed by atoms with van der Waals surface area (Å²) in [5.74, 6) is 0.691. The standard InChI is InChI=1S/C44H32N6/c1-45-42(30-16-5-2-6-17-30)47-43(31-18-7-3-8-19-31)48-50-39-26-14-12-23-36(39)41-34(24-15-27-40(41)50)32-28-37-35-22-11-13-25-38(35)49(44(37)46-29-32)33-20-9-4-10-21-33/h2-29,42H,1H2,(H,47,48). The van der Waals surface area contributed by atoms with Gasteiger partial charge in [-0.15, -0.1) is 5.10 Å². The van der Waals surface area contributed by atoms with Crippen LogP contribution < -0.4 is 5.32 Å². The van der Waals surface area contributed by atoms with E-state index in [1.165, 1.54) is 5.39 Å². The Bertz CT molecular complexity index is 2690. The highest BCUT2D eigenvalue weighted by atomic mass is 15.4. The number of rotatable bonds is 7. The van der Waals surface area contributed by atoms with Crippen LogP contribution >= 0.6 is 0 Å². The molecule has 238 valence electrons. The van der Waals surface area contributed by atoms with E-state index in [1.807, 2.05) is 65.5 Å². The maximum atomic E-state index is 5.34. The number of para-hydroxylation sites is 3. The van der Waals surface area contributed by atoms with Crippen LogP contribution in [0.1, 0.15) is 17.3 Å². The van der Waals surface area contributed by atoms with E-state index >= 15 is 0 Å². The van der Waals surface area contributed by atoms with Crippen LogP contribution in [0.2, 0.25) is 0 Å². The van der Waals surface area contributed by atoms with E-state index in [4.69, 9.17) is 10.1 Å². The van der Waals surface area contributed by atoms with Crippen LogP contribution in [0, 0.1) is 0 Å². The topological polar surface area (TPSA) is 59.5 Å². The minimum atomic E-state index is -0.380. The summed E-state index contributed by atoms with van der Waals surface area (Å²) in [6, 6.07) is 56.4. The van der Waals surface area contributed by atoms with Crippen molar-refractivity contribution in [3.8, 4) is 16.8 Å². The monoisotopic (exact) mass is 644 g/mol. The van der Waals surface area contributed by atoms with E-state index in [0.29, 0.717) is 5.84 Å². The van der Waals surface area contributed by atoms with Crippen molar-refractivity contribution in [2.45, 2.75) is 6.17 Å². The second-order valence-corrected chi connectivity index (χ2v) is 12.3. The molecule has 3 aromatic heterocycles. The Balaban J connectivity index is 1.25. The van der Waals surface area contributed by atoms with Crippen LogP contribution in [0.25, 0.3) is 60.6 Å². The lowest BCUT2D eigenvalue weighted by Crippen LogP contribution is -2.29. The average molecular weight is 645 g/mol. The predicted octanol–water partition coefficient (Wildman–Crippen LogP) is 10.2. The summed E-state index contributed by atoms with van der Waals surface area (Å²) in [6.45, 7) is 3.90. The highest BCUT2D eigenvalue weighted by Gasteiger charge is 2.19. The van der Waals surface area contributed by atoms with Crippen molar-refractivity contribution < 1.29 is 0 Å². The third kappa shape index (κ3) is 4.93. The van der Waals surface area contributed by atoms with Gasteiger partial charge in [-0.1, -0.05) is 127 Å². The fourth-order valence-corrected chi connectivity index (χ4v) is 7.04. The van der Waals surface area contributed by atoms with E-state index in [1.54, 1.807) is 0 Å². The quantitative estimate of drug-likeness (QED) is 0.139. The third-order valence-electron chi connectivity index (χ3n) is 9.33. The summed E-state index contributed by atoms with van der Waals surface area (Å²) >= 11 is 0. The van der Waals surface area contributed by atoms with Crippen molar-refractivity contribution >= 4 is 56.3 Å². The number of aliphatic imine (C=N–C) groups is 1. The highest BCUT2D eigenvalue weighted by molar-refractivity contribution is 6.16. The van der Waals surface area contributed by atoms with Gasteiger partial charge in [0.25, 0.3) is 0 Å². The second-order valence-electron chi connectivity index (χ2n) is 12.3. The van der Waals surface area contributed by atoms with Crippen LogP contribution in [0.5, 0.6) is 0 Å². The first-order valence-corrected chi connectivity index (χ1v) is 16.7. The van der Waals surface area contributed by atoms with Crippen molar-refractivity contribution in [1.82, 2.24) is 19.5 Å². The molecule has 0 saturated carbocycles. The Morgan fingerprint density at radius 1 is 0.620 bits per heavy atom. The first kappa shape index (κ1) is 29.4. The molecule has 9 rings (SSSR count). The molecule has 0 fully saturated rings. The molecule has 6 aromatic carbocycles. The molecule has 0 aliphatic carbocycles. The van der Waals surface area contributed by atoms with Gasteiger partial charge in [0.2, 0.25) is 0 Å². The molecule has 3 heterocycles. The largest absolute Gasteiger partial charge is 0.343 e. The molecule has 0 amide bonds. The van der Waals surface area contributed by atoms with Crippen LogP contribution in [-0.4, -0.2) is 26.8 Å². The van der Waals surface area contributed by atoms with Crippen molar-refractivity contribution in [3.05, 3.63) is 181 Å². The molecule has 0 spiro atoms. The number of aromatic nitrogens is 3. The molecule has 0 bridgehead atoms. The summed E-state index contributed by atoms with van der Waals surface area (Å²) in [7, 11) is 0. The van der Waals surface area contributed by atoms with E-state index in [2.05, 4.69) is 131 Å². The van der Waals surface area contributed by atoms with E-state index in [-0.39, 0.29) is 6.17 Å². The molecule has 0 saturated heterocycles. The van der Waals surface area contributed by atoms with Gasteiger partial charge >= 0.3 is 0 Å². The fourth-order valence-electron chi connectivity index (χ4n) is 7.04. The van der Waals surface area contributed by atoms with E-state index in [0.717, 1.165) is 66.3 Å². The molecule has 6 heteroatoms. The molecule has 6 nitrogen and oxygen atoms in total. The Kier molecular flexibility index (Phi) is 7.25. The van der Waals surface area contributed by atoms with Gasteiger partial charge in [-0.3, -0.25) is 9.56 Å². The van der Waals surface area contributed by atoms with E-state index < -0.39 is 0 Å². The summed E-state index contributed by atoms with van der Waals surface area (Å²) in [6.07, 6.45) is 1.62. The predicted molar refractivity (Wildman–Crippen MR) is 207 cm³/mol. The number of pyridine rings is 1. The van der Waals surface area contributed by atoms with Gasteiger partial charge in [0.1, 0.15) is 11.8 Å². The number of amidine groups is 1. The Labute approximate surface area is 289 Å². The molecule has 1 unspecified atom stereocenters. The SMILES string of the molecule is C=NC(N/C(=N\n1c2ccccc2c2c(-c3cnc4c(c3)c3ccccc3n4-c3ccccc3)cccc21)c1ccccc1)c1ccccc1. The zero-order valence-electron chi connectivity index (χ0n) is 27.2. The Morgan fingerprint density at radius 3 is 2.02 bits per heavy atom. The lowest BCUT2D eigenvalue weighted by Gasteiger charge is -2.18. The zero-order valence-corrected chi connectivity index (χ0v) is 27.2. The average Bonchev–Trinajstić information content (AvgIpc) is 3.69. The van der Waals surface area contributed by atoms with Crippen molar-refractivity contribution in [2.24, 2.45) is 10.1 Å². The number of hydrogen-bond donors (Lipinski definition) is 1. The Hall–Kier alpha value is -6.79. The fraction of sp³-hybridized carbons (Fsp3) is 0.0227. The van der Waals surface area contributed by atoms with Crippen molar-refractivity contribution in [1.29, 1.82) is 0 Å². The van der Waals surface area contributed by atoms with Crippen LogP contribution in [-0.2, 0) is 0 Å². The molecule has 0 aliphatic rings. The molecule has 1 atom stereocenters. The molecular formula is C44H32N6. The summed E-state index contributed by atoms with van der Waals surface area (Å²) < 4.78 is 4.29. The summed E-state index contributed by atoms with van der Waals surface area (Å²) in [5.41, 5.74) is 9.25. The molecule has 0 aliphatic heterocycles. The molecule has 9 aromatic rings. The number of nitrogens with zero attached hydrogens (tertiary/aromatic N) is 5. The summed E-state index contributed by atoms with van der Waals surface area (Å²) in [4.78, 5) is 9.56. The first-order valence-electron chi connectivity index (χ1n) is 16.7. The van der Waals surface area contributed by atoms with E-state index in [9.17, 15) is 0 Å². The number of nitrogens with one attached hydrogen (secondary N) is 1.